The molecule has 0 bridgehead atoms. The number of ether oxygens (including phenoxy) is 2. The van der Waals surface area contributed by atoms with E-state index in [9.17, 15) is 18.3 Å². The molecule has 1 aromatic carbocycles. The molecule has 1 aromatic rings. The third kappa shape index (κ3) is 7.91. The third-order valence-electron chi connectivity index (χ3n) is 5.86. The monoisotopic (exact) mass is 471 g/mol. The minimum Gasteiger partial charge on any atom is -0.493 e. The zero-order valence-electron chi connectivity index (χ0n) is 19.0. The van der Waals surface area contributed by atoms with Crippen LogP contribution in [0.1, 0.15) is 51.4 Å². The van der Waals surface area contributed by atoms with Crippen LogP contribution < -0.4 is 25.2 Å². The van der Waals surface area contributed by atoms with Crippen molar-refractivity contribution >= 4 is 15.9 Å². The lowest BCUT2D eigenvalue weighted by molar-refractivity contribution is -0.130. The van der Waals surface area contributed by atoms with E-state index in [1.807, 2.05) is 0 Å². The molecule has 2 rings (SSSR count). The van der Waals surface area contributed by atoms with E-state index in [1.165, 1.54) is 51.7 Å². The normalized spacial score (nSPS) is 16.9. The molecule has 1 amide bonds. The Labute approximate surface area is 191 Å². The van der Waals surface area contributed by atoms with Crippen molar-refractivity contribution in [1.29, 1.82) is 0 Å². The van der Waals surface area contributed by atoms with Gasteiger partial charge in [0.25, 0.3) is 0 Å². The average molecular weight is 472 g/mol. The Kier molecular flexibility index (Phi) is 10.7. The van der Waals surface area contributed by atoms with Gasteiger partial charge in [0.2, 0.25) is 15.9 Å². The molecule has 0 spiro atoms. The van der Waals surface area contributed by atoms with Gasteiger partial charge in [-0.2, -0.15) is 0 Å². The maximum atomic E-state index is 12.4. The molecule has 1 fully saturated rings. The highest BCUT2D eigenvalue weighted by Crippen LogP contribution is 2.29. The van der Waals surface area contributed by atoms with Gasteiger partial charge in [0.15, 0.2) is 11.5 Å². The second kappa shape index (κ2) is 13.0. The lowest BCUT2D eigenvalue weighted by atomic mass is 9.84. The van der Waals surface area contributed by atoms with Crippen molar-refractivity contribution in [2.24, 2.45) is 11.7 Å². The predicted octanol–water partition coefficient (Wildman–Crippen LogP) is 1.54. The predicted molar refractivity (Wildman–Crippen MR) is 122 cm³/mol. The molecular weight excluding hydrogens is 434 g/mol. The van der Waals surface area contributed by atoms with Crippen LogP contribution in [0.4, 0.5) is 0 Å². The van der Waals surface area contributed by atoms with Crippen molar-refractivity contribution in [2.75, 3.05) is 27.3 Å². The summed E-state index contributed by atoms with van der Waals surface area (Å²) in [5.41, 5.74) is 6.04. The molecule has 0 heterocycles. The Morgan fingerprint density at radius 3 is 2.44 bits per heavy atom. The van der Waals surface area contributed by atoms with Crippen molar-refractivity contribution in [2.45, 2.75) is 68.4 Å². The Hall–Kier alpha value is -1.88. The minimum atomic E-state index is -3.69. The fraction of sp³-hybridized carbons (Fsp3) is 0.682. The first-order chi connectivity index (χ1) is 15.3. The summed E-state index contributed by atoms with van der Waals surface area (Å²) in [6.07, 6.45) is 6.38. The number of sulfonamides is 1. The molecule has 1 aliphatic rings. The number of methoxy groups -OCH3 is 2. The molecule has 182 valence electrons. The summed E-state index contributed by atoms with van der Waals surface area (Å²) >= 11 is 0. The summed E-state index contributed by atoms with van der Waals surface area (Å²) < 4.78 is 37.7. The standard InChI is InChI=1S/C22H37N3O6S/c1-30-19-11-10-17(15-20(19)31-2)32(28,29)25-13-7-6-12-24-22(27)21(26)18(23)14-16-8-4-3-5-9-16/h10-11,15-16,18,21,25-26H,3-9,12-14,23H2,1-2H3,(H,24,27)/t18-,21?/m1/s1. The Balaban J connectivity index is 1.68. The molecular formula is C22H37N3O6S. The fourth-order valence-corrected chi connectivity index (χ4v) is 5.06. The highest BCUT2D eigenvalue weighted by molar-refractivity contribution is 7.89. The van der Waals surface area contributed by atoms with Gasteiger partial charge in [-0.3, -0.25) is 4.79 Å². The van der Waals surface area contributed by atoms with Crippen LogP contribution in [-0.2, 0) is 14.8 Å². The number of benzene rings is 1. The van der Waals surface area contributed by atoms with Crippen LogP contribution in [0, 0.1) is 5.92 Å². The number of nitrogens with two attached hydrogens (primary N) is 1. The van der Waals surface area contributed by atoms with Crippen molar-refractivity contribution in [3.05, 3.63) is 18.2 Å². The number of hydrogen-bond donors (Lipinski definition) is 4. The van der Waals surface area contributed by atoms with E-state index in [-0.39, 0.29) is 11.4 Å². The van der Waals surface area contributed by atoms with Gasteiger partial charge in [0, 0.05) is 25.2 Å². The number of amides is 1. The minimum absolute atomic E-state index is 0.0820. The molecule has 0 aliphatic heterocycles. The number of aliphatic hydroxyl groups excluding tert-OH is 1. The Morgan fingerprint density at radius 1 is 1.12 bits per heavy atom. The lowest BCUT2D eigenvalue weighted by Gasteiger charge is -2.26. The maximum Gasteiger partial charge on any atom is 0.250 e. The molecule has 0 aromatic heterocycles. The Bertz CT molecular complexity index is 827. The van der Waals surface area contributed by atoms with Crippen molar-refractivity contribution in [3.8, 4) is 11.5 Å². The third-order valence-corrected chi connectivity index (χ3v) is 7.32. The molecule has 1 unspecified atom stereocenters. The van der Waals surface area contributed by atoms with Crippen LogP contribution in [0.25, 0.3) is 0 Å². The number of unbranched alkanes of at least 4 members (excludes halogenated alkanes) is 1. The first-order valence-corrected chi connectivity index (χ1v) is 12.7. The first-order valence-electron chi connectivity index (χ1n) is 11.2. The van der Waals surface area contributed by atoms with Gasteiger partial charge in [-0.05, 0) is 37.3 Å². The lowest BCUT2D eigenvalue weighted by Crippen LogP contribution is -2.47. The molecule has 9 nitrogen and oxygen atoms in total. The quantitative estimate of drug-likeness (QED) is 0.320. The van der Waals surface area contributed by atoms with E-state index in [1.54, 1.807) is 0 Å². The van der Waals surface area contributed by atoms with E-state index in [4.69, 9.17) is 15.2 Å². The summed E-state index contributed by atoms with van der Waals surface area (Å²) in [5.74, 6) is 0.792. The maximum absolute atomic E-state index is 12.4. The van der Waals surface area contributed by atoms with E-state index in [2.05, 4.69) is 10.0 Å². The number of carbonyl (C=O) groups excluding carboxylic acids is 1. The second-order valence-corrected chi connectivity index (χ2v) is 10.0. The van der Waals surface area contributed by atoms with Gasteiger partial charge in [0.1, 0.15) is 6.10 Å². The van der Waals surface area contributed by atoms with E-state index < -0.39 is 28.1 Å². The molecule has 1 aliphatic carbocycles. The summed E-state index contributed by atoms with van der Waals surface area (Å²) in [6.45, 7) is 0.556. The number of nitrogens with one attached hydrogen (secondary N) is 2. The fourth-order valence-electron chi connectivity index (χ4n) is 3.97. The summed E-state index contributed by atoms with van der Waals surface area (Å²) in [7, 11) is -0.771. The van der Waals surface area contributed by atoms with Gasteiger partial charge >= 0.3 is 0 Å². The molecule has 2 atom stereocenters. The molecule has 5 N–H and O–H groups in total. The van der Waals surface area contributed by atoms with Gasteiger partial charge in [-0.25, -0.2) is 13.1 Å². The van der Waals surface area contributed by atoms with Gasteiger partial charge in [-0.1, -0.05) is 32.1 Å². The first kappa shape index (κ1) is 26.4. The van der Waals surface area contributed by atoms with Gasteiger partial charge < -0.3 is 25.6 Å². The zero-order chi connectivity index (χ0) is 23.6. The molecule has 0 radical (unpaired) electrons. The topological polar surface area (TPSA) is 140 Å². The highest BCUT2D eigenvalue weighted by Gasteiger charge is 2.26. The van der Waals surface area contributed by atoms with Crippen LogP contribution in [0.15, 0.2) is 23.1 Å². The SMILES string of the molecule is COc1ccc(S(=O)(=O)NCCCCNC(=O)C(O)[C@H](N)CC2CCCCC2)cc1OC. The van der Waals surface area contributed by atoms with E-state index in [0.717, 1.165) is 12.8 Å². The number of aliphatic hydroxyl groups is 1. The molecule has 1 saturated carbocycles. The summed E-state index contributed by atoms with van der Waals surface area (Å²) in [5, 5.41) is 12.9. The van der Waals surface area contributed by atoms with E-state index in [0.29, 0.717) is 43.2 Å². The molecule has 10 heteroatoms. The zero-order valence-corrected chi connectivity index (χ0v) is 19.8. The number of rotatable bonds is 13. The second-order valence-electron chi connectivity index (χ2n) is 8.26. The van der Waals surface area contributed by atoms with Gasteiger partial charge in [0.05, 0.1) is 19.1 Å². The van der Waals surface area contributed by atoms with Gasteiger partial charge in [-0.15, -0.1) is 0 Å². The van der Waals surface area contributed by atoms with Crippen molar-refractivity contribution < 1.29 is 27.8 Å². The van der Waals surface area contributed by atoms with Crippen LogP contribution in [-0.4, -0.2) is 58.9 Å². The molecule has 32 heavy (non-hydrogen) atoms. The average Bonchev–Trinajstić information content (AvgIpc) is 2.80. The van der Waals surface area contributed by atoms with Crippen molar-refractivity contribution in [3.63, 3.8) is 0 Å². The van der Waals surface area contributed by atoms with Crippen LogP contribution >= 0.6 is 0 Å². The van der Waals surface area contributed by atoms with Crippen LogP contribution in [0.5, 0.6) is 11.5 Å². The number of hydrogen-bond acceptors (Lipinski definition) is 7. The Morgan fingerprint density at radius 2 is 1.78 bits per heavy atom. The largest absolute Gasteiger partial charge is 0.493 e. The summed E-state index contributed by atoms with van der Waals surface area (Å²) in [6, 6.07) is 3.82. The van der Waals surface area contributed by atoms with Crippen LogP contribution in [0.2, 0.25) is 0 Å². The van der Waals surface area contributed by atoms with Crippen molar-refractivity contribution in [1.82, 2.24) is 10.0 Å². The number of carbonyl (C=O) groups is 1. The smallest absolute Gasteiger partial charge is 0.250 e. The highest BCUT2D eigenvalue weighted by atomic mass is 32.2. The molecule has 0 saturated heterocycles. The summed E-state index contributed by atoms with van der Waals surface area (Å²) in [4.78, 5) is 12.2. The van der Waals surface area contributed by atoms with E-state index >= 15 is 0 Å². The van der Waals surface area contributed by atoms with Crippen LogP contribution in [0.3, 0.4) is 0 Å².